The molecular formula is C21H15F3N4O2. The normalized spacial score (nSPS) is 15.4. The first kappa shape index (κ1) is 19.5. The monoisotopic (exact) mass is 412 g/mol. The quantitative estimate of drug-likeness (QED) is 0.623. The van der Waals surface area contributed by atoms with Crippen LogP contribution in [-0.4, -0.2) is 22.1 Å². The summed E-state index contributed by atoms with van der Waals surface area (Å²) in [5, 5.41) is 15.4. The number of amides is 2. The molecular weight excluding hydrogens is 397 g/mol. The molecule has 0 saturated carbocycles. The van der Waals surface area contributed by atoms with Crippen LogP contribution >= 0.6 is 0 Å². The summed E-state index contributed by atoms with van der Waals surface area (Å²) in [6.07, 6.45) is 0.425. The van der Waals surface area contributed by atoms with Crippen LogP contribution in [0, 0.1) is 28.8 Å². The molecule has 0 fully saturated rings. The van der Waals surface area contributed by atoms with Gasteiger partial charge in [-0.2, -0.15) is 5.26 Å². The number of benzene rings is 2. The Morgan fingerprint density at radius 3 is 2.53 bits per heavy atom. The maximum absolute atomic E-state index is 13.4. The SMILES string of the molecule is CC1Cc2noc(-c3ccc(C#N)cc3)c2CN1C(=O)Nc1cc(F)c(F)c(F)c1. The van der Waals surface area contributed by atoms with E-state index in [2.05, 4.69) is 10.5 Å². The standard InChI is InChI=1S/C21H15F3N4O2/c1-11-6-18-15(20(30-27-18)13-4-2-12(9-25)3-5-13)10-28(11)21(29)26-14-7-16(22)19(24)17(23)8-14/h2-5,7-8,11H,6,10H2,1H3,(H,26,29). The molecule has 1 aliphatic rings. The third-order valence-corrected chi connectivity index (χ3v) is 4.99. The van der Waals surface area contributed by atoms with Gasteiger partial charge in [-0.05, 0) is 31.2 Å². The molecule has 1 unspecified atom stereocenters. The Hall–Kier alpha value is -3.80. The van der Waals surface area contributed by atoms with Crippen molar-refractivity contribution in [3.63, 3.8) is 0 Å². The second kappa shape index (κ2) is 7.55. The molecule has 0 saturated heterocycles. The van der Waals surface area contributed by atoms with Crippen molar-refractivity contribution in [3.8, 4) is 17.4 Å². The van der Waals surface area contributed by atoms with Crippen molar-refractivity contribution in [2.45, 2.75) is 25.9 Å². The van der Waals surface area contributed by atoms with Crippen molar-refractivity contribution in [2.24, 2.45) is 0 Å². The number of anilines is 1. The van der Waals surface area contributed by atoms with Crippen LogP contribution in [-0.2, 0) is 13.0 Å². The molecule has 4 rings (SSSR count). The number of urea groups is 1. The Balaban J connectivity index is 1.59. The summed E-state index contributed by atoms with van der Waals surface area (Å²) in [6.45, 7) is 1.97. The second-order valence-corrected chi connectivity index (χ2v) is 6.99. The lowest BCUT2D eigenvalue weighted by molar-refractivity contribution is 0.182. The zero-order chi connectivity index (χ0) is 21.4. The van der Waals surface area contributed by atoms with Gasteiger partial charge in [0, 0.05) is 41.4 Å². The van der Waals surface area contributed by atoms with E-state index in [1.807, 2.05) is 13.0 Å². The molecule has 30 heavy (non-hydrogen) atoms. The maximum atomic E-state index is 13.4. The van der Waals surface area contributed by atoms with E-state index in [0.29, 0.717) is 34.6 Å². The third kappa shape index (κ3) is 3.48. The van der Waals surface area contributed by atoms with Crippen molar-refractivity contribution in [1.29, 1.82) is 5.26 Å². The Morgan fingerprint density at radius 2 is 1.90 bits per heavy atom. The van der Waals surface area contributed by atoms with Gasteiger partial charge in [-0.3, -0.25) is 0 Å². The topological polar surface area (TPSA) is 82.2 Å². The lowest BCUT2D eigenvalue weighted by Gasteiger charge is -2.32. The van der Waals surface area contributed by atoms with Crippen molar-refractivity contribution < 1.29 is 22.5 Å². The molecule has 3 aromatic rings. The van der Waals surface area contributed by atoms with E-state index in [4.69, 9.17) is 9.78 Å². The van der Waals surface area contributed by atoms with Crippen LogP contribution in [0.1, 0.15) is 23.7 Å². The summed E-state index contributed by atoms with van der Waals surface area (Å²) >= 11 is 0. The molecule has 2 heterocycles. The molecule has 6 nitrogen and oxygen atoms in total. The number of hydrogen-bond acceptors (Lipinski definition) is 4. The molecule has 152 valence electrons. The Kier molecular flexibility index (Phi) is 4.91. The minimum absolute atomic E-state index is 0.160. The average Bonchev–Trinajstić information content (AvgIpc) is 3.14. The Morgan fingerprint density at radius 1 is 1.23 bits per heavy atom. The molecule has 9 heteroatoms. The van der Waals surface area contributed by atoms with Crippen LogP contribution in [0.25, 0.3) is 11.3 Å². The van der Waals surface area contributed by atoms with Crippen LogP contribution < -0.4 is 5.32 Å². The number of hydrogen-bond donors (Lipinski definition) is 1. The van der Waals surface area contributed by atoms with Crippen molar-refractivity contribution >= 4 is 11.7 Å². The van der Waals surface area contributed by atoms with Gasteiger partial charge in [0.25, 0.3) is 0 Å². The summed E-state index contributed by atoms with van der Waals surface area (Å²) in [5.74, 6) is -3.89. The molecule has 2 amide bonds. The highest BCUT2D eigenvalue weighted by molar-refractivity contribution is 5.90. The fraction of sp³-hybridized carbons (Fsp3) is 0.190. The van der Waals surface area contributed by atoms with Gasteiger partial charge in [0.1, 0.15) is 0 Å². The summed E-state index contributed by atoms with van der Waals surface area (Å²) in [5.41, 5.74) is 2.45. The zero-order valence-electron chi connectivity index (χ0n) is 15.7. The summed E-state index contributed by atoms with van der Waals surface area (Å²) < 4.78 is 45.5. The van der Waals surface area contributed by atoms with Gasteiger partial charge in [0.05, 0.1) is 23.9 Å². The van der Waals surface area contributed by atoms with Crippen LogP contribution in [0.5, 0.6) is 0 Å². The number of nitrogens with one attached hydrogen (secondary N) is 1. The molecule has 1 aromatic heterocycles. The lowest BCUT2D eigenvalue weighted by Crippen LogP contribution is -2.44. The molecule has 0 radical (unpaired) electrons. The number of fused-ring (bicyclic) bond motifs is 1. The molecule has 0 spiro atoms. The van der Waals surface area contributed by atoms with Gasteiger partial charge in [0.15, 0.2) is 23.2 Å². The Bertz CT molecular complexity index is 1140. The largest absolute Gasteiger partial charge is 0.356 e. The van der Waals surface area contributed by atoms with E-state index in [1.165, 1.54) is 4.90 Å². The molecule has 2 aromatic carbocycles. The Labute approximate surface area is 169 Å². The van der Waals surface area contributed by atoms with Gasteiger partial charge < -0.3 is 14.7 Å². The molecule has 1 aliphatic heterocycles. The van der Waals surface area contributed by atoms with Crippen LogP contribution in [0.15, 0.2) is 40.9 Å². The van der Waals surface area contributed by atoms with Crippen molar-refractivity contribution in [2.75, 3.05) is 5.32 Å². The van der Waals surface area contributed by atoms with E-state index in [9.17, 15) is 18.0 Å². The highest BCUT2D eigenvalue weighted by Gasteiger charge is 2.32. The molecule has 0 aliphatic carbocycles. The second-order valence-electron chi connectivity index (χ2n) is 6.99. The highest BCUT2D eigenvalue weighted by atomic mass is 19.2. The fourth-order valence-corrected chi connectivity index (χ4v) is 3.40. The number of nitriles is 1. The van der Waals surface area contributed by atoms with Gasteiger partial charge in [-0.15, -0.1) is 0 Å². The van der Waals surface area contributed by atoms with Crippen LogP contribution in [0.2, 0.25) is 0 Å². The first-order valence-corrected chi connectivity index (χ1v) is 9.07. The first-order valence-electron chi connectivity index (χ1n) is 9.07. The average molecular weight is 412 g/mol. The van der Waals surface area contributed by atoms with E-state index in [1.54, 1.807) is 24.3 Å². The minimum Gasteiger partial charge on any atom is -0.356 e. The smallest absolute Gasteiger partial charge is 0.322 e. The maximum Gasteiger partial charge on any atom is 0.322 e. The van der Waals surface area contributed by atoms with Crippen LogP contribution in [0.4, 0.5) is 23.7 Å². The van der Waals surface area contributed by atoms with Crippen LogP contribution in [0.3, 0.4) is 0 Å². The van der Waals surface area contributed by atoms with E-state index in [0.717, 1.165) is 12.1 Å². The van der Waals surface area contributed by atoms with E-state index in [-0.39, 0.29) is 18.3 Å². The molecule has 1 atom stereocenters. The van der Waals surface area contributed by atoms with E-state index < -0.39 is 23.5 Å². The zero-order valence-corrected chi connectivity index (χ0v) is 15.7. The lowest BCUT2D eigenvalue weighted by atomic mass is 9.97. The number of aromatic nitrogens is 1. The number of halogens is 3. The van der Waals surface area contributed by atoms with Crippen molar-refractivity contribution in [3.05, 3.63) is 70.7 Å². The minimum atomic E-state index is -1.60. The van der Waals surface area contributed by atoms with E-state index >= 15 is 0 Å². The fourth-order valence-electron chi connectivity index (χ4n) is 3.40. The summed E-state index contributed by atoms with van der Waals surface area (Å²) in [6, 6.07) is 9.39. The summed E-state index contributed by atoms with van der Waals surface area (Å²) in [7, 11) is 0. The highest BCUT2D eigenvalue weighted by Crippen LogP contribution is 2.33. The summed E-state index contributed by atoms with van der Waals surface area (Å²) in [4.78, 5) is 14.2. The third-order valence-electron chi connectivity index (χ3n) is 4.99. The first-order chi connectivity index (χ1) is 14.4. The van der Waals surface area contributed by atoms with Gasteiger partial charge in [-0.25, -0.2) is 18.0 Å². The van der Waals surface area contributed by atoms with Crippen molar-refractivity contribution in [1.82, 2.24) is 10.1 Å². The number of carbonyl (C=O) groups excluding carboxylic acids is 1. The predicted octanol–water partition coefficient (Wildman–Crippen LogP) is 4.61. The van der Waals surface area contributed by atoms with Gasteiger partial charge >= 0.3 is 6.03 Å². The molecule has 1 N–H and O–H groups in total. The molecule has 0 bridgehead atoms. The predicted molar refractivity (Wildman–Crippen MR) is 101 cm³/mol. The van der Waals surface area contributed by atoms with Gasteiger partial charge in [0.2, 0.25) is 0 Å². The number of nitrogens with zero attached hydrogens (tertiary/aromatic N) is 3. The number of carbonyl (C=O) groups is 1. The van der Waals surface area contributed by atoms with Gasteiger partial charge in [-0.1, -0.05) is 5.16 Å². The number of rotatable bonds is 2.